The minimum atomic E-state index is -0.415. The number of nitrogens with two attached hydrogens (primary N) is 1. The summed E-state index contributed by atoms with van der Waals surface area (Å²) >= 11 is 0. The number of benzene rings is 1. The highest BCUT2D eigenvalue weighted by Gasteiger charge is 2.17. The smallest absolute Gasteiger partial charge is 0.289 e. The van der Waals surface area contributed by atoms with E-state index in [1.807, 2.05) is 38.1 Å². The maximum Gasteiger partial charge on any atom is 0.289 e. The lowest BCUT2D eigenvalue weighted by atomic mass is 10.1. The second kappa shape index (κ2) is 7.58. The van der Waals surface area contributed by atoms with E-state index in [1.165, 1.54) is 0 Å². The van der Waals surface area contributed by atoms with Crippen LogP contribution in [0.3, 0.4) is 0 Å². The van der Waals surface area contributed by atoms with Crippen molar-refractivity contribution in [1.29, 1.82) is 0 Å². The van der Waals surface area contributed by atoms with Crippen LogP contribution in [-0.4, -0.2) is 41.6 Å². The van der Waals surface area contributed by atoms with Gasteiger partial charge in [0.2, 0.25) is 17.7 Å². The van der Waals surface area contributed by atoms with Crippen molar-refractivity contribution in [2.45, 2.75) is 19.9 Å². The number of anilines is 2. The molecule has 1 heterocycles. The minimum absolute atomic E-state index is 0.00449. The van der Waals surface area contributed by atoms with Crippen molar-refractivity contribution in [3.05, 3.63) is 35.7 Å². The van der Waals surface area contributed by atoms with Crippen LogP contribution in [0.15, 0.2) is 24.3 Å². The SMILES string of the molecule is CCOc1cccc(C(C)NC(=O)c2nc(N)nc(N(C)C)n2)c1. The Morgan fingerprint density at radius 3 is 2.75 bits per heavy atom. The van der Waals surface area contributed by atoms with E-state index >= 15 is 0 Å². The van der Waals surface area contributed by atoms with Gasteiger partial charge in [-0.1, -0.05) is 12.1 Å². The van der Waals surface area contributed by atoms with Gasteiger partial charge < -0.3 is 20.7 Å². The molecule has 0 fully saturated rings. The molecule has 0 aliphatic carbocycles. The van der Waals surface area contributed by atoms with E-state index in [4.69, 9.17) is 10.5 Å². The molecule has 0 saturated heterocycles. The highest BCUT2D eigenvalue weighted by atomic mass is 16.5. The Kier molecular flexibility index (Phi) is 5.51. The largest absolute Gasteiger partial charge is 0.494 e. The van der Waals surface area contributed by atoms with Crippen molar-refractivity contribution >= 4 is 17.8 Å². The zero-order chi connectivity index (χ0) is 17.7. The lowest BCUT2D eigenvalue weighted by Gasteiger charge is -2.16. The molecule has 1 aromatic heterocycles. The maximum atomic E-state index is 12.4. The van der Waals surface area contributed by atoms with Gasteiger partial charge in [0.05, 0.1) is 12.6 Å². The van der Waals surface area contributed by atoms with Crippen LogP contribution in [0.1, 0.15) is 36.1 Å². The lowest BCUT2D eigenvalue weighted by Crippen LogP contribution is -2.29. The van der Waals surface area contributed by atoms with Crippen LogP contribution in [0.2, 0.25) is 0 Å². The summed E-state index contributed by atoms with van der Waals surface area (Å²) in [5.41, 5.74) is 6.57. The molecule has 0 saturated carbocycles. The molecule has 2 aromatic rings. The van der Waals surface area contributed by atoms with Crippen LogP contribution >= 0.6 is 0 Å². The summed E-state index contributed by atoms with van der Waals surface area (Å²) in [5, 5.41) is 2.85. The molecule has 2 rings (SSSR count). The number of aromatic nitrogens is 3. The topological polar surface area (TPSA) is 106 Å². The van der Waals surface area contributed by atoms with Crippen LogP contribution in [0.4, 0.5) is 11.9 Å². The standard InChI is InChI=1S/C16H22N6O2/c1-5-24-12-8-6-7-11(9-12)10(2)18-14(23)13-19-15(17)21-16(20-13)22(3)4/h6-10H,5H2,1-4H3,(H,18,23)(H2,17,19,20,21). The summed E-state index contributed by atoms with van der Waals surface area (Å²) in [7, 11) is 3.52. The van der Waals surface area contributed by atoms with E-state index in [0.29, 0.717) is 12.6 Å². The van der Waals surface area contributed by atoms with Gasteiger partial charge in [-0.3, -0.25) is 4.79 Å². The molecule has 0 aliphatic rings. The van der Waals surface area contributed by atoms with Gasteiger partial charge in [-0.2, -0.15) is 15.0 Å². The number of ether oxygens (including phenoxy) is 1. The molecule has 3 N–H and O–H groups in total. The van der Waals surface area contributed by atoms with Gasteiger partial charge in [-0.05, 0) is 31.5 Å². The van der Waals surface area contributed by atoms with Crippen LogP contribution in [0.5, 0.6) is 5.75 Å². The van der Waals surface area contributed by atoms with Crippen LogP contribution in [0, 0.1) is 0 Å². The van der Waals surface area contributed by atoms with Crippen molar-refractivity contribution in [3.63, 3.8) is 0 Å². The van der Waals surface area contributed by atoms with Gasteiger partial charge in [0, 0.05) is 14.1 Å². The molecule has 1 unspecified atom stereocenters. The first-order chi connectivity index (χ1) is 11.4. The normalized spacial score (nSPS) is 11.7. The Morgan fingerprint density at radius 2 is 2.08 bits per heavy atom. The quantitative estimate of drug-likeness (QED) is 0.824. The number of hydrogen-bond acceptors (Lipinski definition) is 7. The van der Waals surface area contributed by atoms with Crippen molar-refractivity contribution in [2.75, 3.05) is 31.3 Å². The van der Waals surface area contributed by atoms with Gasteiger partial charge in [0.25, 0.3) is 5.91 Å². The number of nitrogen functional groups attached to an aromatic ring is 1. The van der Waals surface area contributed by atoms with E-state index in [0.717, 1.165) is 11.3 Å². The van der Waals surface area contributed by atoms with Crippen molar-refractivity contribution < 1.29 is 9.53 Å². The zero-order valence-corrected chi connectivity index (χ0v) is 14.3. The number of carbonyl (C=O) groups excluding carboxylic acids is 1. The number of hydrogen-bond donors (Lipinski definition) is 2. The van der Waals surface area contributed by atoms with Gasteiger partial charge in [0.1, 0.15) is 5.75 Å². The molecule has 0 radical (unpaired) electrons. The fourth-order valence-corrected chi connectivity index (χ4v) is 2.07. The molecular formula is C16H22N6O2. The number of nitrogens with one attached hydrogen (secondary N) is 1. The molecule has 128 valence electrons. The summed E-state index contributed by atoms with van der Waals surface area (Å²) in [5.74, 6) is 0.666. The fourth-order valence-electron chi connectivity index (χ4n) is 2.07. The number of nitrogens with zero attached hydrogens (tertiary/aromatic N) is 4. The Labute approximate surface area is 141 Å². The zero-order valence-electron chi connectivity index (χ0n) is 14.3. The Bertz CT molecular complexity index is 719. The summed E-state index contributed by atoms with van der Waals surface area (Å²) < 4.78 is 5.48. The number of amides is 1. The molecule has 1 amide bonds. The van der Waals surface area contributed by atoms with Crippen LogP contribution in [0.25, 0.3) is 0 Å². The summed E-state index contributed by atoms with van der Waals surface area (Å²) in [6.45, 7) is 4.38. The second-order valence-electron chi connectivity index (χ2n) is 5.41. The third kappa shape index (κ3) is 4.31. The Hall–Kier alpha value is -2.90. The van der Waals surface area contributed by atoms with Gasteiger partial charge in [0.15, 0.2) is 0 Å². The number of carbonyl (C=O) groups is 1. The molecule has 0 aliphatic heterocycles. The minimum Gasteiger partial charge on any atom is -0.494 e. The molecule has 0 spiro atoms. The second-order valence-corrected chi connectivity index (χ2v) is 5.41. The summed E-state index contributed by atoms with van der Waals surface area (Å²) in [4.78, 5) is 26.0. The molecule has 8 nitrogen and oxygen atoms in total. The molecule has 24 heavy (non-hydrogen) atoms. The highest BCUT2D eigenvalue weighted by Crippen LogP contribution is 2.19. The third-order valence-corrected chi connectivity index (χ3v) is 3.26. The monoisotopic (exact) mass is 330 g/mol. The fraction of sp³-hybridized carbons (Fsp3) is 0.375. The molecule has 0 bridgehead atoms. The van der Waals surface area contributed by atoms with E-state index in [1.54, 1.807) is 19.0 Å². The van der Waals surface area contributed by atoms with E-state index in [9.17, 15) is 4.79 Å². The predicted molar refractivity (Wildman–Crippen MR) is 92.1 cm³/mol. The van der Waals surface area contributed by atoms with Gasteiger partial charge >= 0.3 is 0 Å². The van der Waals surface area contributed by atoms with Gasteiger partial charge in [-0.15, -0.1) is 0 Å². The average molecular weight is 330 g/mol. The van der Waals surface area contributed by atoms with E-state index < -0.39 is 5.91 Å². The third-order valence-electron chi connectivity index (χ3n) is 3.26. The van der Waals surface area contributed by atoms with E-state index in [-0.39, 0.29) is 17.8 Å². The van der Waals surface area contributed by atoms with Crippen LogP contribution < -0.4 is 20.7 Å². The van der Waals surface area contributed by atoms with Crippen molar-refractivity contribution in [1.82, 2.24) is 20.3 Å². The summed E-state index contributed by atoms with van der Waals surface area (Å²) in [6, 6.07) is 7.33. The first-order valence-electron chi connectivity index (χ1n) is 7.63. The predicted octanol–water partition coefficient (Wildman–Crippen LogP) is 1.41. The molecule has 1 aromatic carbocycles. The first-order valence-corrected chi connectivity index (χ1v) is 7.63. The average Bonchev–Trinajstić information content (AvgIpc) is 2.54. The maximum absolute atomic E-state index is 12.4. The Balaban J connectivity index is 2.15. The van der Waals surface area contributed by atoms with E-state index in [2.05, 4.69) is 20.3 Å². The highest BCUT2D eigenvalue weighted by molar-refractivity contribution is 5.91. The van der Waals surface area contributed by atoms with Crippen molar-refractivity contribution in [2.24, 2.45) is 0 Å². The Morgan fingerprint density at radius 1 is 1.33 bits per heavy atom. The molecular weight excluding hydrogens is 308 g/mol. The molecule has 1 atom stereocenters. The first kappa shape index (κ1) is 17.5. The van der Waals surface area contributed by atoms with Gasteiger partial charge in [-0.25, -0.2) is 0 Å². The molecule has 8 heteroatoms. The van der Waals surface area contributed by atoms with Crippen LogP contribution in [-0.2, 0) is 0 Å². The summed E-state index contributed by atoms with van der Waals surface area (Å²) in [6.07, 6.45) is 0. The number of rotatable bonds is 6. The lowest BCUT2D eigenvalue weighted by molar-refractivity contribution is 0.0929. The van der Waals surface area contributed by atoms with Crippen molar-refractivity contribution in [3.8, 4) is 5.75 Å².